The Kier molecular flexibility index (Phi) is 2.91. The summed E-state index contributed by atoms with van der Waals surface area (Å²) >= 11 is 5.57. The molecule has 3 nitrogen and oxygen atoms in total. The molecule has 1 rings (SSSR count). The number of rotatable bonds is 3. The summed E-state index contributed by atoms with van der Waals surface area (Å²) in [6.45, 7) is 2.44. The number of hydrogen-bond acceptors (Lipinski definition) is 2. The summed E-state index contributed by atoms with van der Waals surface area (Å²) in [6, 6.07) is 1.70. The molecule has 0 saturated carbocycles. The molecule has 0 spiro atoms. The van der Waals surface area contributed by atoms with Gasteiger partial charge in [0.1, 0.15) is 0 Å². The van der Waals surface area contributed by atoms with Gasteiger partial charge >= 0.3 is 0 Å². The van der Waals surface area contributed by atoms with Crippen LogP contribution in [0, 0.1) is 0 Å². The Morgan fingerprint density at radius 1 is 1.82 bits per heavy atom. The van der Waals surface area contributed by atoms with Gasteiger partial charge in [-0.05, 0) is 12.5 Å². The number of aromatic nitrogens is 2. The summed E-state index contributed by atoms with van der Waals surface area (Å²) in [7, 11) is 0. The minimum absolute atomic E-state index is 0.328. The van der Waals surface area contributed by atoms with E-state index in [4.69, 9.17) is 11.6 Å². The highest BCUT2D eigenvalue weighted by atomic mass is 35.5. The number of nitrogens with zero attached hydrogens (tertiary/aromatic N) is 2. The Balaban J connectivity index is 2.50. The minimum Gasteiger partial charge on any atom is -0.391 e. The SMILES string of the molecule is CCC(O)Cn1ccc(Cl)n1. The molecule has 0 saturated heterocycles. The molecule has 0 aliphatic rings. The third-order valence-corrected chi connectivity index (χ3v) is 1.68. The van der Waals surface area contributed by atoms with Crippen LogP contribution in [-0.2, 0) is 6.54 Å². The molecule has 0 aromatic carbocycles. The summed E-state index contributed by atoms with van der Waals surface area (Å²) in [5.74, 6) is 0. The average Bonchev–Trinajstić information content (AvgIpc) is 2.35. The average molecular weight is 175 g/mol. The number of aliphatic hydroxyl groups is 1. The Morgan fingerprint density at radius 2 is 2.55 bits per heavy atom. The van der Waals surface area contributed by atoms with Crippen molar-refractivity contribution >= 4 is 11.6 Å². The second-order valence-corrected chi connectivity index (χ2v) is 2.81. The predicted molar refractivity (Wildman–Crippen MR) is 43.5 cm³/mol. The number of aliphatic hydroxyl groups excluding tert-OH is 1. The zero-order chi connectivity index (χ0) is 8.27. The van der Waals surface area contributed by atoms with Crippen LogP contribution < -0.4 is 0 Å². The van der Waals surface area contributed by atoms with Crippen LogP contribution in [0.4, 0.5) is 0 Å². The number of hydrogen-bond donors (Lipinski definition) is 1. The van der Waals surface area contributed by atoms with Crippen LogP contribution in [-0.4, -0.2) is 21.0 Å². The van der Waals surface area contributed by atoms with E-state index < -0.39 is 0 Å². The summed E-state index contributed by atoms with van der Waals surface area (Å²) < 4.78 is 1.64. The van der Waals surface area contributed by atoms with Crippen molar-refractivity contribution in [3.63, 3.8) is 0 Å². The molecule has 4 heteroatoms. The zero-order valence-electron chi connectivity index (χ0n) is 6.37. The quantitative estimate of drug-likeness (QED) is 0.751. The molecule has 62 valence electrons. The molecule has 1 atom stereocenters. The van der Waals surface area contributed by atoms with Crippen LogP contribution in [0.15, 0.2) is 12.3 Å². The molecule has 1 aromatic rings. The summed E-state index contributed by atoms with van der Waals surface area (Å²) in [4.78, 5) is 0. The smallest absolute Gasteiger partial charge is 0.151 e. The molecule has 0 aliphatic heterocycles. The van der Waals surface area contributed by atoms with Gasteiger partial charge in [0.2, 0.25) is 0 Å². The van der Waals surface area contributed by atoms with E-state index in [-0.39, 0.29) is 6.10 Å². The highest BCUT2D eigenvalue weighted by Gasteiger charge is 2.02. The first-order valence-electron chi connectivity index (χ1n) is 3.59. The van der Waals surface area contributed by atoms with Gasteiger partial charge < -0.3 is 5.11 Å². The van der Waals surface area contributed by atoms with Gasteiger partial charge in [-0.25, -0.2) is 0 Å². The summed E-state index contributed by atoms with van der Waals surface area (Å²) in [5, 5.41) is 13.6. The molecule has 1 heterocycles. The van der Waals surface area contributed by atoms with Crippen LogP contribution in [0.25, 0.3) is 0 Å². The molecule has 1 unspecified atom stereocenters. The van der Waals surface area contributed by atoms with Crippen molar-refractivity contribution in [1.82, 2.24) is 9.78 Å². The van der Waals surface area contributed by atoms with Crippen LogP contribution in [0.5, 0.6) is 0 Å². The lowest BCUT2D eigenvalue weighted by Crippen LogP contribution is -2.14. The molecular formula is C7H11ClN2O. The van der Waals surface area contributed by atoms with E-state index in [1.165, 1.54) is 0 Å². The van der Waals surface area contributed by atoms with Crippen LogP contribution in [0.2, 0.25) is 5.15 Å². The summed E-state index contributed by atoms with van der Waals surface area (Å²) in [6.07, 6.45) is 2.16. The molecule has 11 heavy (non-hydrogen) atoms. The van der Waals surface area contributed by atoms with Crippen molar-refractivity contribution in [2.45, 2.75) is 26.0 Å². The van der Waals surface area contributed by atoms with Gasteiger partial charge in [-0.1, -0.05) is 18.5 Å². The van der Waals surface area contributed by atoms with E-state index in [1.54, 1.807) is 16.9 Å². The van der Waals surface area contributed by atoms with Gasteiger partial charge in [0.25, 0.3) is 0 Å². The first kappa shape index (κ1) is 8.56. The molecular weight excluding hydrogens is 164 g/mol. The van der Waals surface area contributed by atoms with Crippen LogP contribution in [0.1, 0.15) is 13.3 Å². The Hall–Kier alpha value is -0.540. The first-order valence-corrected chi connectivity index (χ1v) is 3.97. The lowest BCUT2D eigenvalue weighted by atomic mass is 10.3. The highest BCUT2D eigenvalue weighted by Crippen LogP contribution is 2.03. The van der Waals surface area contributed by atoms with Crippen LogP contribution >= 0.6 is 11.6 Å². The third-order valence-electron chi connectivity index (χ3n) is 1.48. The maximum Gasteiger partial charge on any atom is 0.151 e. The van der Waals surface area contributed by atoms with E-state index in [0.717, 1.165) is 6.42 Å². The molecule has 0 fully saturated rings. The third kappa shape index (κ3) is 2.52. The standard InChI is InChI=1S/C7H11ClN2O/c1-2-6(11)5-10-4-3-7(8)9-10/h3-4,6,11H,2,5H2,1H3. The topological polar surface area (TPSA) is 38.0 Å². The Bertz CT molecular complexity index is 224. The van der Waals surface area contributed by atoms with Crippen molar-refractivity contribution in [1.29, 1.82) is 0 Å². The lowest BCUT2D eigenvalue weighted by Gasteiger charge is -2.06. The lowest BCUT2D eigenvalue weighted by molar-refractivity contribution is 0.145. The van der Waals surface area contributed by atoms with Crippen molar-refractivity contribution in [2.75, 3.05) is 0 Å². The second kappa shape index (κ2) is 3.74. The minimum atomic E-state index is -0.328. The largest absolute Gasteiger partial charge is 0.391 e. The summed E-state index contributed by atoms with van der Waals surface area (Å²) in [5.41, 5.74) is 0. The van der Waals surface area contributed by atoms with Gasteiger partial charge in [-0.3, -0.25) is 4.68 Å². The fourth-order valence-electron chi connectivity index (χ4n) is 0.784. The van der Waals surface area contributed by atoms with E-state index in [9.17, 15) is 5.11 Å². The van der Waals surface area contributed by atoms with Crippen molar-refractivity contribution in [2.24, 2.45) is 0 Å². The van der Waals surface area contributed by atoms with Crippen molar-refractivity contribution in [3.8, 4) is 0 Å². The van der Waals surface area contributed by atoms with Crippen molar-refractivity contribution in [3.05, 3.63) is 17.4 Å². The fourth-order valence-corrected chi connectivity index (χ4v) is 0.937. The second-order valence-electron chi connectivity index (χ2n) is 2.42. The van der Waals surface area contributed by atoms with E-state index >= 15 is 0 Å². The van der Waals surface area contributed by atoms with E-state index in [1.807, 2.05) is 6.92 Å². The van der Waals surface area contributed by atoms with Gasteiger partial charge in [0, 0.05) is 6.20 Å². The fraction of sp³-hybridized carbons (Fsp3) is 0.571. The molecule has 0 bridgehead atoms. The zero-order valence-corrected chi connectivity index (χ0v) is 7.12. The van der Waals surface area contributed by atoms with Gasteiger partial charge in [0.05, 0.1) is 12.6 Å². The van der Waals surface area contributed by atoms with Gasteiger partial charge in [-0.2, -0.15) is 5.10 Å². The van der Waals surface area contributed by atoms with E-state index in [2.05, 4.69) is 5.10 Å². The Labute approximate surface area is 70.6 Å². The first-order chi connectivity index (χ1) is 5.22. The molecule has 0 radical (unpaired) electrons. The monoisotopic (exact) mass is 174 g/mol. The molecule has 1 N–H and O–H groups in total. The van der Waals surface area contributed by atoms with Gasteiger partial charge in [0.15, 0.2) is 5.15 Å². The molecule has 0 aliphatic carbocycles. The number of halogens is 1. The normalized spacial score (nSPS) is 13.4. The molecule has 0 amide bonds. The van der Waals surface area contributed by atoms with Crippen LogP contribution in [0.3, 0.4) is 0 Å². The van der Waals surface area contributed by atoms with E-state index in [0.29, 0.717) is 11.7 Å². The predicted octanol–water partition coefficient (Wildman–Crippen LogP) is 1.31. The van der Waals surface area contributed by atoms with Gasteiger partial charge in [-0.15, -0.1) is 0 Å². The molecule has 1 aromatic heterocycles. The maximum absolute atomic E-state index is 9.22. The van der Waals surface area contributed by atoms with Crippen molar-refractivity contribution < 1.29 is 5.11 Å². The Morgan fingerprint density at radius 3 is 3.00 bits per heavy atom. The maximum atomic E-state index is 9.22. The highest BCUT2D eigenvalue weighted by molar-refractivity contribution is 6.29.